The van der Waals surface area contributed by atoms with Crippen LogP contribution < -0.4 is 10.3 Å². The van der Waals surface area contributed by atoms with E-state index in [1.807, 2.05) is 20.2 Å². The minimum Gasteiger partial charge on any atom is -0.378 e. The molecule has 0 saturated heterocycles. The van der Waals surface area contributed by atoms with E-state index >= 15 is 0 Å². The third-order valence-corrected chi connectivity index (χ3v) is 5.68. The fraction of sp³-hybridized carbons (Fsp3) is 0.125. The highest BCUT2D eigenvalue weighted by Gasteiger charge is 2.13. The third kappa shape index (κ3) is 3.45. The van der Waals surface area contributed by atoms with Crippen LogP contribution in [0.2, 0.25) is 0 Å². The largest absolute Gasteiger partial charge is 0.378 e. The van der Waals surface area contributed by atoms with Crippen molar-refractivity contribution in [2.24, 2.45) is 0 Å². The maximum absolute atomic E-state index is 5.40. The summed E-state index contributed by atoms with van der Waals surface area (Å²) < 4.78 is 6.63. The summed E-state index contributed by atoms with van der Waals surface area (Å²) in [5.74, 6) is 6.78. The van der Waals surface area contributed by atoms with Crippen LogP contribution in [0.3, 0.4) is 0 Å². The fourth-order valence-corrected chi connectivity index (χ4v) is 4.18. The maximum Gasteiger partial charge on any atom is 0.344 e. The Kier molecular flexibility index (Phi) is 4.66. The van der Waals surface area contributed by atoms with Gasteiger partial charge < -0.3 is 4.90 Å². The van der Waals surface area contributed by atoms with Crippen molar-refractivity contribution >= 4 is 27.1 Å². The molecule has 0 N–H and O–H groups in total. The van der Waals surface area contributed by atoms with Crippen molar-refractivity contribution in [2.75, 3.05) is 26.1 Å². The molecule has 1 aliphatic heterocycles. The zero-order chi connectivity index (χ0) is 18.8. The van der Waals surface area contributed by atoms with E-state index in [-0.39, 0.29) is 0 Å². The predicted molar refractivity (Wildman–Crippen MR) is 117 cm³/mol. The van der Waals surface area contributed by atoms with E-state index in [9.17, 15) is 0 Å². The summed E-state index contributed by atoms with van der Waals surface area (Å²) >= 11 is 1.77. The summed E-state index contributed by atoms with van der Waals surface area (Å²) in [6, 6.07) is 23.0. The molecule has 2 aromatic carbocycles. The van der Waals surface area contributed by atoms with E-state index in [0.717, 1.165) is 22.1 Å². The average molecular weight is 370 g/mol. The Hall–Kier alpha value is -3.09. The molecule has 27 heavy (non-hydrogen) atoms. The monoisotopic (exact) mass is 370 g/mol. The Balaban J connectivity index is 1.90. The smallest absolute Gasteiger partial charge is 0.344 e. The molecule has 0 radical (unpaired) electrons. The molecule has 0 bridgehead atoms. The predicted octanol–water partition coefficient (Wildman–Crippen LogP) is 5.00. The summed E-state index contributed by atoms with van der Waals surface area (Å²) in [4.78, 5) is 3.27. The van der Waals surface area contributed by atoms with Crippen LogP contribution >= 0.6 is 11.3 Å². The lowest BCUT2D eigenvalue weighted by Gasteiger charge is -2.11. The lowest BCUT2D eigenvalue weighted by Crippen LogP contribution is -2.07. The highest BCUT2D eigenvalue weighted by atomic mass is 32.1. The molecule has 0 aromatic heterocycles. The van der Waals surface area contributed by atoms with Gasteiger partial charge >= 0.3 is 5.43 Å². The second-order valence-electron chi connectivity index (χ2n) is 6.53. The first-order valence-corrected chi connectivity index (χ1v) is 9.59. The molecule has 0 spiro atoms. The minimum atomic E-state index is 0.868. The van der Waals surface area contributed by atoms with Crippen LogP contribution in [0.4, 0.5) is 5.69 Å². The first-order chi connectivity index (χ1) is 13.2. The highest BCUT2D eigenvalue weighted by Crippen LogP contribution is 2.36. The SMILES string of the molecule is C[O+]=c1ccc2c(C#Cc3ccc(N(C)C)cc3)c3ccccc3sc-2c1. The number of anilines is 1. The topological polar surface area (TPSA) is 14.5 Å². The minimum absolute atomic E-state index is 0.868. The fourth-order valence-electron chi connectivity index (χ4n) is 3.06. The number of hydrogen-bond donors (Lipinski definition) is 0. The van der Waals surface area contributed by atoms with E-state index in [0.29, 0.717) is 0 Å². The normalized spacial score (nSPS) is 11.4. The first-order valence-electron chi connectivity index (χ1n) is 8.78. The highest BCUT2D eigenvalue weighted by molar-refractivity contribution is 7.21. The van der Waals surface area contributed by atoms with E-state index in [1.165, 1.54) is 20.7 Å². The molecule has 4 rings (SSSR count). The van der Waals surface area contributed by atoms with Crippen LogP contribution in [0.25, 0.3) is 20.5 Å². The van der Waals surface area contributed by atoms with Gasteiger partial charge in [-0.3, -0.25) is 4.42 Å². The van der Waals surface area contributed by atoms with Gasteiger partial charge in [0.25, 0.3) is 7.11 Å². The van der Waals surface area contributed by atoms with Gasteiger partial charge in [-0.15, -0.1) is 11.3 Å². The Bertz CT molecular complexity index is 1210. The molecule has 2 aliphatic rings. The van der Waals surface area contributed by atoms with Gasteiger partial charge in [-0.1, -0.05) is 30.0 Å². The van der Waals surface area contributed by atoms with E-state index < -0.39 is 0 Å². The summed E-state index contributed by atoms with van der Waals surface area (Å²) in [6.45, 7) is 0. The van der Waals surface area contributed by atoms with Crippen LogP contribution in [-0.2, 0) is 0 Å². The molecule has 3 heteroatoms. The molecule has 1 heterocycles. The summed E-state index contributed by atoms with van der Waals surface area (Å²) in [6.07, 6.45) is 0. The number of benzene rings is 3. The third-order valence-electron chi connectivity index (χ3n) is 4.55. The van der Waals surface area contributed by atoms with E-state index in [1.54, 1.807) is 18.4 Å². The van der Waals surface area contributed by atoms with Crippen LogP contribution in [0.5, 0.6) is 0 Å². The molecule has 0 fully saturated rings. The zero-order valence-corrected chi connectivity index (χ0v) is 16.4. The van der Waals surface area contributed by atoms with Crippen molar-refractivity contribution < 1.29 is 0 Å². The molecule has 0 atom stereocenters. The summed E-state index contributed by atoms with van der Waals surface area (Å²) in [7, 11) is 5.78. The Morgan fingerprint density at radius 2 is 1.67 bits per heavy atom. The van der Waals surface area contributed by atoms with E-state index in [2.05, 4.69) is 77.4 Å². The van der Waals surface area contributed by atoms with E-state index in [4.69, 9.17) is 4.42 Å². The van der Waals surface area contributed by atoms with Gasteiger partial charge in [-0.2, -0.15) is 0 Å². The van der Waals surface area contributed by atoms with Crippen molar-refractivity contribution in [1.29, 1.82) is 0 Å². The average Bonchev–Trinajstić information content (AvgIpc) is 2.71. The lowest BCUT2D eigenvalue weighted by atomic mass is 10.0. The Morgan fingerprint density at radius 1 is 0.889 bits per heavy atom. The van der Waals surface area contributed by atoms with Crippen LogP contribution in [-0.4, -0.2) is 21.2 Å². The lowest BCUT2D eigenvalue weighted by molar-refractivity contribution is 1.13. The number of hydrogen-bond acceptors (Lipinski definition) is 2. The van der Waals surface area contributed by atoms with Gasteiger partial charge in [0.1, 0.15) is 0 Å². The molecule has 132 valence electrons. The van der Waals surface area contributed by atoms with Crippen LogP contribution in [0.1, 0.15) is 11.1 Å². The second-order valence-corrected chi connectivity index (χ2v) is 7.61. The quantitative estimate of drug-likeness (QED) is 0.261. The second kappa shape index (κ2) is 7.26. The molecule has 1 aliphatic carbocycles. The Morgan fingerprint density at radius 3 is 2.41 bits per heavy atom. The molecule has 2 aromatic rings. The standard InChI is InChI=1S/C24H20NOS/c1-25(2)18-11-8-17(9-12-18)10-14-20-21-6-4-5-7-23(21)27-24-16-19(26-3)13-15-22(20)24/h4-9,11-13,15-16H,1-3H3/q+1. The van der Waals surface area contributed by atoms with Gasteiger partial charge in [0, 0.05) is 57.5 Å². The number of rotatable bonds is 1. The van der Waals surface area contributed by atoms with Gasteiger partial charge in [-0.05, 0) is 36.4 Å². The number of fused-ring (bicyclic) bond motifs is 2. The van der Waals surface area contributed by atoms with Crippen molar-refractivity contribution in [2.45, 2.75) is 0 Å². The molecule has 0 amide bonds. The van der Waals surface area contributed by atoms with Crippen molar-refractivity contribution in [3.05, 3.63) is 87.7 Å². The first kappa shape index (κ1) is 17.3. The molecule has 0 unspecified atom stereocenters. The maximum atomic E-state index is 5.40. The Labute approximate surface area is 163 Å². The zero-order valence-electron chi connectivity index (χ0n) is 15.6. The van der Waals surface area contributed by atoms with Gasteiger partial charge in [0.15, 0.2) is 0 Å². The molecular weight excluding hydrogens is 350 g/mol. The molecule has 2 nitrogen and oxygen atoms in total. The van der Waals surface area contributed by atoms with Crippen LogP contribution in [0.15, 0.2) is 71.2 Å². The molecule has 0 saturated carbocycles. The van der Waals surface area contributed by atoms with Gasteiger partial charge in [0.2, 0.25) is 0 Å². The van der Waals surface area contributed by atoms with Gasteiger partial charge in [0.05, 0.1) is 6.07 Å². The van der Waals surface area contributed by atoms with Crippen LogP contribution in [0, 0.1) is 11.8 Å². The van der Waals surface area contributed by atoms with Gasteiger partial charge in [-0.25, -0.2) is 0 Å². The number of nitrogens with zero attached hydrogens (tertiary/aromatic N) is 1. The summed E-state index contributed by atoms with van der Waals surface area (Å²) in [5.41, 5.74) is 5.28. The summed E-state index contributed by atoms with van der Waals surface area (Å²) in [5, 5.41) is 1.19. The van der Waals surface area contributed by atoms with Crippen molar-refractivity contribution in [1.82, 2.24) is 0 Å². The van der Waals surface area contributed by atoms with Crippen molar-refractivity contribution in [3.8, 4) is 22.3 Å². The molecular formula is C24H20NOS+. The van der Waals surface area contributed by atoms with Crippen molar-refractivity contribution in [3.63, 3.8) is 0 Å².